The van der Waals surface area contributed by atoms with Gasteiger partial charge in [0.15, 0.2) is 0 Å². The molecule has 19 heavy (non-hydrogen) atoms. The second kappa shape index (κ2) is 8.64. The lowest BCUT2D eigenvalue weighted by Gasteiger charge is -2.06. The van der Waals surface area contributed by atoms with Crippen molar-refractivity contribution in [1.82, 2.24) is 0 Å². The van der Waals surface area contributed by atoms with Gasteiger partial charge in [0, 0.05) is 12.2 Å². The van der Waals surface area contributed by atoms with Crippen LogP contribution in [0.15, 0.2) is 12.2 Å². The Balaban J connectivity index is 3.88. The van der Waals surface area contributed by atoms with Crippen LogP contribution in [0.3, 0.4) is 0 Å². The summed E-state index contributed by atoms with van der Waals surface area (Å²) in [6.07, 6.45) is 1.05. The summed E-state index contributed by atoms with van der Waals surface area (Å²) in [5.41, 5.74) is 5.07. The van der Waals surface area contributed by atoms with Crippen LogP contribution in [0.25, 0.3) is 0 Å². The Bertz CT molecular complexity index is 389. The summed E-state index contributed by atoms with van der Waals surface area (Å²) in [5.74, 6) is -3.96. The minimum Gasteiger partial charge on any atom is -0.480 e. The molecule has 0 heterocycles. The number of carboxylic acid groups (broad SMARTS) is 1. The third-order valence-electron chi connectivity index (χ3n) is 1.68. The minimum atomic E-state index is -1.39. The first kappa shape index (κ1) is 16.6. The van der Waals surface area contributed by atoms with Gasteiger partial charge < -0.3 is 25.1 Å². The number of carbonyl (C=O) groups excluding carboxylic acids is 3. The highest BCUT2D eigenvalue weighted by atomic mass is 16.7. The molecule has 9 heteroatoms. The number of hydrogen-bond acceptors (Lipinski definition) is 8. The molecule has 0 fully saturated rings. The number of rotatable bonds is 7. The molecule has 0 aromatic rings. The molecule has 1 atom stereocenters. The fraction of sp³-hybridized carbons (Fsp3) is 0.400. The molecule has 0 aliphatic heterocycles. The van der Waals surface area contributed by atoms with Crippen molar-refractivity contribution < 1.29 is 38.5 Å². The van der Waals surface area contributed by atoms with Crippen LogP contribution >= 0.6 is 0 Å². The Labute approximate surface area is 107 Å². The topological polar surface area (TPSA) is 142 Å². The number of methoxy groups -OCH3 is 1. The van der Waals surface area contributed by atoms with Crippen LogP contribution in [-0.2, 0) is 33.4 Å². The standard InChI is InChI=1S/C10H13NO8/c1-17-7(12)2-3-8(13)18-5-19-9(14)4-6(11)10(15)16/h2-3,6H,4-5,11H2,1H3,(H,15,16)/t6-/m0/s1. The summed E-state index contributed by atoms with van der Waals surface area (Å²) in [7, 11) is 1.13. The average molecular weight is 275 g/mol. The summed E-state index contributed by atoms with van der Waals surface area (Å²) in [6.45, 7) is -0.713. The summed E-state index contributed by atoms with van der Waals surface area (Å²) < 4.78 is 13.0. The molecular formula is C10H13NO8. The van der Waals surface area contributed by atoms with Crippen LogP contribution in [0.1, 0.15) is 6.42 Å². The fourth-order valence-corrected chi connectivity index (χ4v) is 0.731. The van der Waals surface area contributed by atoms with Gasteiger partial charge in [0.1, 0.15) is 6.04 Å². The summed E-state index contributed by atoms with van der Waals surface area (Å²) in [4.78, 5) is 42.9. The van der Waals surface area contributed by atoms with Gasteiger partial charge in [-0.05, 0) is 0 Å². The van der Waals surface area contributed by atoms with Gasteiger partial charge in [-0.25, -0.2) is 9.59 Å². The lowest BCUT2D eigenvalue weighted by molar-refractivity contribution is -0.165. The molecule has 0 aliphatic carbocycles. The van der Waals surface area contributed by atoms with Crippen molar-refractivity contribution in [3.63, 3.8) is 0 Å². The molecule has 106 valence electrons. The lowest BCUT2D eigenvalue weighted by atomic mass is 10.2. The predicted molar refractivity (Wildman–Crippen MR) is 58.4 cm³/mol. The van der Waals surface area contributed by atoms with Gasteiger partial charge in [0.2, 0.25) is 6.79 Å². The average Bonchev–Trinajstić information content (AvgIpc) is 2.35. The highest BCUT2D eigenvalue weighted by Crippen LogP contribution is 1.93. The van der Waals surface area contributed by atoms with E-state index in [9.17, 15) is 19.2 Å². The number of aliphatic carboxylic acids is 1. The molecule has 0 amide bonds. The van der Waals surface area contributed by atoms with E-state index in [4.69, 9.17) is 10.8 Å². The van der Waals surface area contributed by atoms with Crippen LogP contribution in [-0.4, -0.2) is 48.9 Å². The number of ether oxygens (including phenoxy) is 3. The van der Waals surface area contributed by atoms with Crippen LogP contribution in [0.2, 0.25) is 0 Å². The summed E-state index contributed by atoms with van der Waals surface area (Å²) >= 11 is 0. The molecule has 0 aromatic carbocycles. The first-order chi connectivity index (χ1) is 8.86. The largest absolute Gasteiger partial charge is 0.480 e. The van der Waals surface area contributed by atoms with E-state index >= 15 is 0 Å². The zero-order valence-corrected chi connectivity index (χ0v) is 10.0. The van der Waals surface area contributed by atoms with Crippen LogP contribution in [0.4, 0.5) is 0 Å². The smallest absolute Gasteiger partial charge is 0.333 e. The van der Waals surface area contributed by atoms with E-state index in [0.717, 1.165) is 19.3 Å². The SMILES string of the molecule is COC(=O)C=CC(=O)OCOC(=O)C[C@H](N)C(=O)O. The number of esters is 3. The zero-order valence-electron chi connectivity index (χ0n) is 10.0. The van der Waals surface area contributed by atoms with E-state index in [2.05, 4.69) is 14.2 Å². The van der Waals surface area contributed by atoms with Gasteiger partial charge in [0.05, 0.1) is 13.5 Å². The van der Waals surface area contributed by atoms with Crippen molar-refractivity contribution in [2.45, 2.75) is 12.5 Å². The number of carbonyl (C=O) groups is 4. The van der Waals surface area contributed by atoms with Crippen molar-refractivity contribution in [3.8, 4) is 0 Å². The predicted octanol–water partition coefficient (Wildman–Crippen LogP) is -1.44. The Hall–Kier alpha value is -2.42. The lowest BCUT2D eigenvalue weighted by Crippen LogP contribution is -2.33. The van der Waals surface area contributed by atoms with E-state index in [0.29, 0.717) is 0 Å². The fourth-order valence-electron chi connectivity index (χ4n) is 0.731. The second-order valence-corrected chi connectivity index (χ2v) is 3.10. The normalized spacial score (nSPS) is 11.7. The van der Waals surface area contributed by atoms with Crippen LogP contribution < -0.4 is 5.73 Å². The Morgan fingerprint density at radius 2 is 1.74 bits per heavy atom. The monoisotopic (exact) mass is 275 g/mol. The summed E-state index contributed by atoms with van der Waals surface area (Å²) in [5, 5.41) is 8.42. The quantitative estimate of drug-likeness (QED) is 0.324. The molecule has 0 rings (SSSR count). The Kier molecular flexibility index (Phi) is 7.54. The molecule has 0 saturated carbocycles. The van der Waals surface area contributed by atoms with Gasteiger partial charge in [-0.3, -0.25) is 9.59 Å². The van der Waals surface area contributed by atoms with Gasteiger partial charge in [0.25, 0.3) is 0 Å². The van der Waals surface area contributed by atoms with Crippen molar-refractivity contribution in [2.24, 2.45) is 5.73 Å². The molecule has 0 aliphatic rings. The summed E-state index contributed by atoms with van der Waals surface area (Å²) in [6, 6.07) is -1.39. The molecule has 0 aromatic heterocycles. The highest BCUT2D eigenvalue weighted by molar-refractivity contribution is 5.91. The first-order valence-electron chi connectivity index (χ1n) is 4.93. The molecule has 0 saturated heterocycles. The molecule has 0 radical (unpaired) electrons. The maximum Gasteiger partial charge on any atom is 0.333 e. The van der Waals surface area contributed by atoms with E-state index in [-0.39, 0.29) is 0 Å². The van der Waals surface area contributed by atoms with Crippen LogP contribution in [0, 0.1) is 0 Å². The Morgan fingerprint density at radius 3 is 2.26 bits per heavy atom. The Morgan fingerprint density at radius 1 is 1.16 bits per heavy atom. The molecule has 0 spiro atoms. The van der Waals surface area contributed by atoms with Gasteiger partial charge in [-0.2, -0.15) is 0 Å². The van der Waals surface area contributed by atoms with E-state index in [1.807, 2.05) is 0 Å². The van der Waals surface area contributed by atoms with E-state index < -0.39 is 43.1 Å². The maximum atomic E-state index is 11.0. The third-order valence-corrected chi connectivity index (χ3v) is 1.68. The van der Waals surface area contributed by atoms with Crippen molar-refractivity contribution in [3.05, 3.63) is 12.2 Å². The second-order valence-electron chi connectivity index (χ2n) is 3.10. The van der Waals surface area contributed by atoms with Crippen molar-refractivity contribution >= 4 is 23.9 Å². The third kappa shape index (κ3) is 8.32. The van der Waals surface area contributed by atoms with Crippen molar-refractivity contribution in [1.29, 1.82) is 0 Å². The zero-order chi connectivity index (χ0) is 14.8. The molecule has 0 bridgehead atoms. The first-order valence-corrected chi connectivity index (χ1v) is 4.93. The van der Waals surface area contributed by atoms with Crippen molar-refractivity contribution in [2.75, 3.05) is 13.9 Å². The minimum absolute atomic E-state index is 0.551. The van der Waals surface area contributed by atoms with E-state index in [1.54, 1.807) is 0 Å². The van der Waals surface area contributed by atoms with Gasteiger partial charge >= 0.3 is 23.9 Å². The number of hydrogen-bond donors (Lipinski definition) is 2. The molecular weight excluding hydrogens is 262 g/mol. The number of nitrogens with two attached hydrogens (primary N) is 1. The highest BCUT2D eigenvalue weighted by Gasteiger charge is 2.17. The van der Waals surface area contributed by atoms with Crippen LogP contribution in [0.5, 0.6) is 0 Å². The van der Waals surface area contributed by atoms with E-state index in [1.165, 1.54) is 0 Å². The maximum absolute atomic E-state index is 11.0. The molecule has 3 N–H and O–H groups in total. The number of carboxylic acids is 1. The van der Waals surface area contributed by atoms with Gasteiger partial charge in [-0.15, -0.1) is 0 Å². The van der Waals surface area contributed by atoms with Gasteiger partial charge in [-0.1, -0.05) is 0 Å². The molecule has 9 nitrogen and oxygen atoms in total. The molecule has 0 unspecified atom stereocenters.